The molecule has 0 aliphatic heterocycles. The molecule has 0 saturated heterocycles. The predicted molar refractivity (Wildman–Crippen MR) is 129 cm³/mol. The first kappa shape index (κ1) is 32.6. The number of aliphatic hydroxyl groups is 1. The third-order valence-electron chi connectivity index (χ3n) is 4.66. The van der Waals surface area contributed by atoms with Crippen LogP contribution in [0.3, 0.4) is 0 Å². The van der Waals surface area contributed by atoms with Crippen molar-refractivity contribution in [1.82, 2.24) is 4.90 Å². The van der Waals surface area contributed by atoms with Gasteiger partial charge < -0.3 is 38.3 Å². The Morgan fingerprint density at radius 3 is 1.06 bits per heavy atom. The molecule has 1 N–H and O–H groups in total. The summed E-state index contributed by atoms with van der Waals surface area (Å²) < 4.78 is 38.7. The topological polar surface area (TPSA) is 88.1 Å². The van der Waals surface area contributed by atoms with E-state index in [4.69, 9.17) is 38.3 Å². The third-order valence-corrected chi connectivity index (χ3v) is 4.66. The van der Waals surface area contributed by atoms with Crippen LogP contribution in [0.1, 0.15) is 39.5 Å². The van der Waals surface area contributed by atoms with Crippen molar-refractivity contribution < 1.29 is 38.3 Å². The van der Waals surface area contributed by atoms with Crippen molar-refractivity contribution in [2.75, 3.05) is 119 Å². The summed E-state index contributed by atoms with van der Waals surface area (Å²) in [4.78, 5) is 2.24. The highest BCUT2D eigenvalue weighted by atomic mass is 16.5. The Hall–Kier alpha value is -0.360. The summed E-state index contributed by atoms with van der Waals surface area (Å²) in [7, 11) is 0. The van der Waals surface area contributed by atoms with E-state index in [9.17, 15) is 0 Å². The molecule has 0 aliphatic rings. The van der Waals surface area contributed by atoms with Gasteiger partial charge in [-0.3, -0.25) is 4.90 Å². The SMILES string of the molecule is CCCCOCCOCCOCCN(CCOCCO)CCOCCOCCOCCCC. The predicted octanol–water partition coefficient (Wildman–Crippen LogP) is 2.00. The van der Waals surface area contributed by atoms with Crippen LogP contribution in [0, 0.1) is 0 Å². The standard InChI is InChI=1S/C24H51NO8/c1-3-5-11-27-17-21-32-23-19-30-14-8-25(7-13-29-16-10-26)9-15-31-20-24-33-22-18-28-12-6-4-2/h26H,3-24H2,1-2H3. The highest BCUT2D eigenvalue weighted by Gasteiger charge is 2.05. The van der Waals surface area contributed by atoms with Gasteiger partial charge in [0.1, 0.15) is 0 Å². The van der Waals surface area contributed by atoms with Gasteiger partial charge in [0.25, 0.3) is 0 Å². The van der Waals surface area contributed by atoms with Crippen LogP contribution < -0.4 is 0 Å². The first-order chi connectivity index (χ1) is 16.3. The van der Waals surface area contributed by atoms with E-state index in [2.05, 4.69) is 18.7 Å². The van der Waals surface area contributed by atoms with Crippen LogP contribution in [0.5, 0.6) is 0 Å². The van der Waals surface area contributed by atoms with Crippen molar-refractivity contribution >= 4 is 0 Å². The summed E-state index contributed by atoms with van der Waals surface area (Å²) in [5.41, 5.74) is 0. The Balaban J connectivity index is 3.67. The molecule has 33 heavy (non-hydrogen) atoms. The monoisotopic (exact) mass is 481 g/mol. The lowest BCUT2D eigenvalue weighted by Crippen LogP contribution is -2.34. The van der Waals surface area contributed by atoms with E-state index in [-0.39, 0.29) is 6.61 Å². The lowest BCUT2D eigenvalue weighted by atomic mass is 10.4. The van der Waals surface area contributed by atoms with E-state index in [1.54, 1.807) is 0 Å². The molecule has 0 unspecified atom stereocenters. The Bertz CT molecular complexity index is 326. The summed E-state index contributed by atoms with van der Waals surface area (Å²) in [6.07, 6.45) is 4.49. The molecule has 0 heterocycles. The van der Waals surface area contributed by atoms with E-state index >= 15 is 0 Å². The number of unbranched alkanes of at least 4 members (excludes halogenated alkanes) is 2. The van der Waals surface area contributed by atoms with E-state index in [0.717, 1.165) is 58.5 Å². The molecular weight excluding hydrogens is 430 g/mol. The van der Waals surface area contributed by atoms with E-state index < -0.39 is 0 Å². The lowest BCUT2D eigenvalue weighted by molar-refractivity contribution is -0.00152. The van der Waals surface area contributed by atoms with Crippen LogP contribution in [0.2, 0.25) is 0 Å². The summed E-state index contributed by atoms with van der Waals surface area (Å²) in [6, 6.07) is 0. The molecule has 0 spiro atoms. The highest BCUT2D eigenvalue weighted by Crippen LogP contribution is 1.93. The van der Waals surface area contributed by atoms with Gasteiger partial charge in [0, 0.05) is 32.8 Å². The first-order valence-corrected chi connectivity index (χ1v) is 12.7. The fraction of sp³-hybridized carbons (Fsp3) is 1.00. The maximum absolute atomic E-state index is 8.85. The van der Waals surface area contributed by atoms with Crippen molar-refractivity contribution in [3.8, 4) is 0 Å². The van der Waals surface area contributed by atoms with Crippen molar-refractivity contribution in [3.05, 3.63) is 0 Å². The maximum Gasteiger partial charge on any atom is 0.0701 e. The third kappa shape index (κ3) is 27.8. The van der Waals surface area contributed by atoms with E-state index in [0.29, 0.717) is 79.3 Å². The van der Waals surface area contributed by atoms with Gasteiger partial charge in [-0.1, -0.05) is 26.7 Å². The fourth-order valence-electron chi connectivity index (χ4n) is 2.66. The number of ether oxygens (including phenoxy) is 7. The van der Waals surface area contributed by atoms with Crippen LogP contribution in [0.4, 0.5) is 0 Å². The average molecular weight is 482 g/mol. The number of rotatable bonds is 29. The second-order valence-corrected chi connectivity index (χ2v) is 7.56. The molecule has 0 fully saturated rings. The fourth-order valence-corrected chi connectivity index (χ4v) is 2.66. The number of hydrogen-bond acceptors (Lipinski definition) is 9. The van der Waals surface area contributed by atoms with Gasteiger partial charge in [0.2, 0.25) is 0 Å². The quantitative estimate of drug-likeness (QED) is 0.161. The first-order valence-electron chi connectivity index (χ1n) is 12.7. The Kier molecular flexibility index (Phi) is 29.3. The second-order valence-electron chi connectivity index (χ2n) is 7.56. The maximum atomic E-state index is 8.85. The Labute approximate surface area is 201 Å². The van der Waals surface area contributed by atoms with Crippen LogP contribution in [-0.2, 0) is 33.2 Å². The molecule has 0 amide bonds. The van der Waals surface area contributed by atoms with Gasteiger partial charge in [0.15, 0.2) is 0 Å². The zero-order valence-electron chi connectivity index (χ0n) is 21.3. The summed E-state index contributed by atoms with van der Waals surface area (Å²) >= 11 is 0. The molecule has 9 heteroatoms. The molecule has 0 aromatic rings. The van der Waals surface area contributed by atoms with E-state index in [1.807, 2.05) is 0 Å². The van der Waals surface area contributed by atoms with Crippen molar-refractivity contribution in [2.24, 2.45) is 0 Å². The minimum absolute atomic E-state index is 0.0412. The molecule has 0 aromatic carbocycles. The molecule has 200 valence electrons. The summed E-state index contributed by atoms with van der Waals surface area (Å²) in [5, 5.41) is 8.85. The normalized spacial score (nSPS) is 11.6. The largest absolute Gasteiger partial charge is 0.394 e. The highest BCUT2D eigenvalue weighted by molar-refractivity contribution is 4.57. The molecule has 0 saturated carbocycles. The van der Waals surface area contributed by atoms with Gasteiger partial charge in [-0.2, -0.15) is 0 Å². The Morgan fingerprint density at radius 2 is 0.727 bits per heavy atom. The van der Waals surface area contributed by atoms with Gasteiger partial charge in [-0.05, 0) is 12.8 Å². The van der Waals surface area contributed by atoms with Gasteiger partial charge >= 0.3 is 0 Å². The molecule has 0 radical (unpaired) electrons. The average Bonchev–Trinajstić information content (AvgIpc) is 2.83. The second kappa shape index (κ2) is 29.7. The van der Waals surface area contributed by atoms with Crippen LogP contribution >= 0.6 is 0 Å². The minimum Gasteiger partial charge on any atom is -0.394 e. The molecule has 9 nitrogen and oxygen atoms in total. The molecule has 0 atom stereocenters. The summed E-state index contributed by atoms with van der Waals surface area (Å²) in [5.74, 6) is 0. The zero-order valence-corrected chi connectivity index (χ0v) is 21.3. The summed E-state index contributed by atoms with van der Waals surface area (Å²) in [6.45, 7) is 15.2. The van der Waals surface area contributed by atoms with Crippen molar-refractivity contribution in [3.63, 3.8) is 0 Å². The number of nitrogens with zero attached hydrogens (tertiary/aromatic N) is 1. The van der Waals surface area contributed by atoms with Crippen LogP contribution in [0.25, 0.3) is 0 Å². The zero-order chi connectivity index (χ0) is 24.1. The smallest absolute Gasteiger partial charge is 0.0701 e. The molecule has 0 rings (SSSR count). The van der Waals surface area contributed by atoms with Gasteiger partial charge in [-0.15, -0.1) is 0 Å². The van der Waals surface area contributed by atoms with Gasteiger partial charge in [-0.25, -0.2) is 0 Å². The number of aliphatic hydroxyl groups excluding tert-OH is 1. The minimum atomic E-state index is 0.0412. The van der Waals surface area contributed by atoms with Crippen molar-refractivity contribution in [2.45, 2.75) is 39.5 Å². The number of hydrogen-bond donors (Lipinski definition) is 1. The van der Waals surface area contributed by atoms with Crippen molar-refractivity contribution in [1.29, 1.82) is 0 Å². The van der Waals surface area contributed by atoms with Gasteiger partial charge in [0.05, 0.1) is 85.9 Å². The van der Waals surface area contributed by atoms with E-state index in [1.165, 1.54) is 0 Å². The van der Waals surface area contributed by atoms with Crippen LogP contribution in [0.15, 0.2) is 0 Å². The molecule has 0 aliphatic carbocycles. The Morgan fingerprint density at radius 1 is 0.424 bits per heavy atom. The molecule has 0 aromatic heterocycles. The van der Waals surface area contributed by atoms with Crippen LogP contribution in [-0.4, -0.2) is 129 Å². The lowest BCUT2D eigenvalue weighted by Gasteiger charge is -2.22. The molecular formula is C24H51NO8. The molecule has 0 bridgehead atoms.